The molecule has 172 valence electrons. The van der Waals surface area contributed by atoms with Gasteiger partial charge in [0.25, 0.3) is 5.56 Å². The number of hydrogen-bond acceptors (Lipinski definition) is 6. The minimum atomic E-state index is -0.842. The lowest BCUT2D eigenvalue weighted by Crippen LogP contribution is -2.39. The molecule has 1 atom stereocenters. The summed E-state index contributed by atoms with van der Waals surface area (Å²) in [6.45, 7) is 0.358. The van der Waals surface area contributed by atoms with Crippen molar-refractivity contribution in [1.82, 2.24) is 4.57 Å². The van der Waals surface area contributed by atoms with E-state index in [1.165, 1.54) is 11.7 Å². The summed E-state index contributed by atoms with van der Waals surface area (Å²) in [6.07, 6.45) is 2.13. The van der Waals surface area contributed by atoms with Gasteiger partial charge in [-0.15, -0.1) is 0 Å². The van der Waals surface area contributed by atoms with Crippen molar-refractivity contribution in [2.24, 2.45) is 5.73 Å². The molecule has 0 spiro atoms. The van der Waals surface area contributed by atoms with Gasteiger partial charge in [-0.25, -0.2) is 0 Å². The van der Waals surface area contributed by atoms with Crippen LogP contribution in [0.4, 0.5) is 5.69 Å². The normalized spacial score (nSPS) is 11.5. The summed E-state index contributed by atoms with van der Waals surface area (Å²) < 4.78 is 11.3. The molecule has 0 saturated heterocycles. The molecule has 1 amide bonds. The summed E-state index contributed by atoms with van der Waals surface area (Å²) in [5.41, 5.74) is 8.50. The number of aromatic nitrogens is 1. The fourth-order valence-electron chi connectivity index (χ4n) is 3.29. The van der Waals surface area contributed by atoms with Gasteiger partial charge >= 0.3 is 5.97 Å². The van der Waals surface area contributed by atoms with E-state index in [1.807, 2.05) is 36.4 Å². The Morgan fingerprint density at radius 3 is 2.24 bits per heavy atom. The first-order valence-electron chi connectivity index (χ1n) is 10.4. The molecule has 0 bridgehead atoms. The van der Waals surface area contributed by atoms with Crippen molar-refractivity contribution in [3.63, 3.8) is 0 Å². The molecule has 0 unspecified atom stereocenters. The van der Waals surface area contributed by atoms with Crippen molar-refractivity contribution in [2.45, 2.75) is 25.4 Å². The second kappa shape index (κ2) is 11.1. The molecule has 0 aliphatic rings. The number of pyridine rings is 1. The zero-order chi connectivity index (χ0) is 23.8. The summed E-state index contributed by atoms with van der Waals surface area (Å²) >= 11 is 0. The molecule has 33 heavy (non-hydrogen) atoms. The number of benzene rings is 2. The molecule has 2 aromatic carbocycles. The molecular formula is C25H27N3O5. The first-order valence-corrected chi connectivity index (χ1v) is 10.4. The van der Waals surface area contributed by atoms with Crippen molar-refractivity contribution in [3.05, 3.63) is 93.9 Å². The van der Waals surface area contributed by atoms with E-state index >= 15 is 0 Å². The van der Waals surface area contributed by atoms with E-state index in [2.05, 4.69) is 10.1 Å². The van der Waals surface area contributed by atoms with Gasteiger partial charge in [-0.2, -0.15) is 0 Å². The van der Waals surface area contributed by atoms with Crippen LogP contribution in [0.2, 0.25) is 0 Å². The second-order valence-electron chi connectivity index (χ2n) is 7.57. The molecule has 3 N–H and O–H groups in total. The Morgan fingerprint density at radius 1 is 0.970 bits per heavy atom. The quantitative estimate of drug-likeness (QED) is 0.484. The Balaban J connectivity index is 1.62. The number of hydrogen-bond donors (Lipinski definition) is 2. The van der Waals surface area contributed by atoms with Crippen molar-refractivity contribution in [1.29, 1.82) is 0 Å². The number of carbonyl (C=O) groups is 2. The maximum atomic E-state index is 12.8. The summed E-state index contributed by atoms with van der Waals surface area (Å²) in [5, 5.41) is 2.64. The van der Waals surface area contributed by atoms with Gasteiger partial charge in [-0.3, -0.25) is 14.4 Å². The van der Waals surface area contributed by atoms with E-state index in [9.17, 15) is 14.4 Å². The molecule has 3 aromatic rings. The average Bonchev–Trinajstić information content (AvgIpc) is 2.83. The van der Waals surface area contributed by atoms with Crippen molar-refractivity contribution < 1.29 is 19.1 Å². The van der Waals surface area contributed by atoms with E-state index in [4.69, 9.17) is 10.5 Å². The van der Waals surface area contributed by atoms with Gasteiger partial charge in [0.2, 0.25) is 5.91 Å². The van der Waals surface area contributed by atoms with Crippen molar-refractivity contribution in [2.75, 3.05) is 19.5 Å². The highest BCUT2D eigenvalue weighted by atomic mass is 16.5. The highest BCUT2D eigenvalue weighted by molar-refractivity contribution is 5.94. The van der Waals surface area contributed by atoms with Crippen LogP contribution in [-0.4, -0.2) is 36.7 Å². The summed E-state index contributed by atoms with van der Waals surface area (Å²) in [4.78, 5) is 36.8. The lowest BCUT2D eigenvalue weighted by atomic mass is 10.0. The van der Waals surface area contributed by atoms with E-state index in [1.54, 1.807) is 37.6 Å². The predicted molar refractivity (Wildman–Crippen MR) is 125 cm³/mol. The Bertz CT molecular complexity index is 1150. The number of carbonyl (C=O) groups excluding carboxylic acids is 2. The number of anilines is 1. The number of esters is 1. The fourth-order valence-corrected chi connectivity index (χ4v) is 3.29. The van der Waals surface area contributed by atoms with E-state index < -0.39 is 11.9 Å². The Kier molecular flexibility index (Phi) is 7.99. The third kappa shape index (κ3) is 6.54. The number of nitrogens with one attached hydrogen (secondary N) is 1. The van der Waals surface area contributed by atoms with Gasteiger partial charge in [-0.05, 0) is 47.4 Å². The largest absolute Gasteiger partial charge is 0.497 e. The van der Waals surface area contributed by atoms with Crippen molar-refractivity contribution >= 4 is 17.6 Å². The predicted octanol–water partition coefficient (Wildman–Crippen LogP) is 2.13. The number of methoxy groups -OCH3 is 2. The number of ether oxygens (including phenoxy) is 2. The molecule has 8 heteroatoms. The molecule has 1 heterocycles. The summed E-state index contributed by atoms with van der Waals surface area (Å²) in [7, 11) is 2.94. The smallest absolute Gasteiger partial charge is 0.309 e. The molecule has 1 aromatic heterocycles. The Hall–Kier alpha value is -3.91. The van der Waals surface area contributed by atoms with Crippen LogP contribution in [0.15, 0.2) is 71.7 Å². The maximum Gasteiger partial charge on any atom is 0.309 e. The van der Waals surface area contributed by atoms with Gasteiger partial charge < -0.3 is 25.1 Å². The average molecular weight is 450 g/mol. The first kappa shape index (κ1) is 23.7. The van der Waals surface area contributed by atoms with Crippen LogP contribution in [0.1, 0.15) is 16.7 Å². The number of amides is 1. The first-order chi connectivity index (χ1) is 15.9. The minimum absolute atomic E-state index is 0.167. The maximum absolute atomic E-state index is 12.8. The van der Waals surface area contributed by atoms with Gasteiger partial charge in [0.1, 0.15) is 11.4 Å². The monoisotopic (exact) mass is 449 g/mol. The molecule has 0 aliphatic carbocycles. The Morgan fingerprint density at radius 2 is 1.61 bits per heavy atom. The zero-order valence-corrected chi connectivity index (χ0v) is 18.6. The van der Waals surface area contributed by atoms with Crippen LogP contribution in [-0.2, 0) is 33.7 Å². The highest BCUT2D eigenvalue weighted by Gasteiger charge is 2.16. The van der Waals surface area contributed by atoms with Crippen LogP contribution in [0.3, 0.4) is 0 Å². The standard InChI is InChI=1S/C25H27N3O5/c1-32-20-11-9-19(10-12-20)16-28-13-3-4-22(25(28)31)27-24(30)21(26)14-17-5-7-18(8-6-17)15-23(29)33-2/h3-13,21H,14-16,26H2,1-2H3,(H,27,30)/t21-/m0/s1. The van der Waals surface area contributed by atoms with E-state index in [-0.39, 0.29) is 30.1 Å². The van der Waals surface area contributed by atoms with E-state index in [0.29, 0.717) is 6.54 Å². The third-order valence-corrected chi connectivity index (χ3v) is 5.18. The fraction of sp³-hybridized carbons (Fsp3) is 0.240. The lowest BCUT2D eigenvalue weighted by molar-refractivity contribution is -0.139. The topological polar surface area (TPSA) is 113 Å². The molecule has 0 aliphatic heterocycles. The lowest BCUT2D eigenvalue weighted by Gasteiger charge is -2.14. The van der Waals surface area contributed by atoms with E-state index in [0.717, 1.165) is 22.4 Å². The van der Waals surface area contributed by atoms with Crippen LogP contribution < -0.4 is 21.3 Å². The summed E-state index contributed by atoms with van der Waals surface area (Å²) in [5.74, 6) is -0.0357. The molecule has 0 fully saturated rings. The third-order valence-electron chi connectivity index (χ3n) is 5.18. The molecule has 0 saturated carbocycles. The summed E-state index contributed by atoms with van der Waals surface area (Å²) in [6, 6.07) is 17.0. The number of nitrogens with zero attached hydrogens (tertiary/aromatic N) is 1. The number of rotatable bonds is 9. The second-order valence-corrected chi connectivity index (χ2v) is 7.57. The zero-order valence-electron chi connectivity index (χ0n) is 18.6. The Labute approximate surface area is 191 Å². The van der Waals surface area contributed by atoms with Crippen LogP contribution >= 0.6 is 0 Å². The minimum Gasteiger partial charge on any atom is -0.497 e. The SMILES string of the molecule is COC(=O)Cc1ccc(C[C@H](N)C(=O)Nc2cccn(Cc3ccc(OC)cc3)c2=O)cc1. The molecule has 8 nitrogen and oxygen atoms in total. The molecule has 0 radical (unpaired) electrons. The van der Waals surface area contributed by atoms with Gasteiger partial charge in [-0.1, -0.05) is 36.4 Å². The molecule has 3 rings (SSSR count). The van der Waals surface area contributed by atoms with Gasteiger partial charge in [0.15, 0.2) is 0 Å². The highest BCUT2D eigenvalue weighted by Crippen LogP contribution is 2.13. The molecular weight excluding hydrogens is 422 g/mol. The van der Waals surface area contributed by atoms with Crippen molar-refractivity contribution in [3.8, 4) is 5.75 Å². The van der Waals surface area contributed by atoms with Crippen LogP contribution in [0, 0.1) is 0 Å². The van der Waals surface area contributed by atoms with Gasteiger partial charge in [0.05, 0.1) is 33.2 Å². The van der Waals surface area contributed by atoms with Crippen LogP contribution in [0.25, 0.3) is 0 Å². The van der Waals surface area contributed by atoms with Gasteiger partial charge in [0, 0.05) is 6.20 Å². The number of nitrogens with two attached hydrogens (primary N) is 1. The van der Waals surface area contributed by atoms with Crippen LogP contribution in [0.5, 0.6) is 5.75 Å².